The molecule has 0 bridgehead atoms. The van der Waals surface area contributed by atoms with Crippen LogP contribution in [0.25, 0.3) is 0 Å². The Hall–Kier alpha value is -2.82. The number of likely N-dealkylation sites (N-methyl/N-ethyl adjacent to an activating group) is 1. The van der Waals surface area contributed by atoms with Gasteiger partial charge in [0.15, 0.2) is 21.6 Å². The fourth-order valence-electron chi connectivity index (χ4n) is 4.47. The van der Waals surface area contributed by atoms with Gasteiger partial charge in [-0.2, -0.15) is 0 Å². The molecular weight excluding hydrogens is 463 g/mol. The monoisotopic (exact) mass is 486 g/mol. The minimum absolute atomic E-state index is 0.0502. The fraction of sp³-hybridized carbons (Fsp3) is 0.348. The number of likely N-dealkylation sites (tertiary alicyclic amines) is 1. The second-order valence-corrected chi connectivity index (χ2v) is 9.75. The van der Waals surface area contributed by atoms with Gasteiger partial charge in [-0.3, -0.25) is 19.3 Å². The zero-order valence-corrected chi connectivity index (χ0v) is 19.8. The zero-order chi connectivity index (χ0) is 23.5. The van der Waals surface area contributed by atoms with E-state index in [1.54, 1.807) is 49.3 Å². The number of amides is 1. The van der Waals surface area contributed by atoms with Gasteiger partial charge in [-0.1, -0.05) is 12.1 Å². The van der Waals surface area contributed by atoms with Crippen LogP contribution in [0.4, 0.5) is 4.39 Å². The van der Waals surface area contributed by atoms with Crippen molar-refractivity contribution in [3.8, 4) is 0 Å². The third kappa shape index (κ3) is 4.78. The molecule has 3 heterocycles. The molecular formula is C23H23FN4O3S2. The molecule has 33 heavy (non-hydrogen) atoms. The third-order valence-electron chi connectivity index (χ3n) is 6.05. The number of aromatic nitrogens is 2. The van der Waals surface area contributed by atoms with Crippen molar-refractivity contribution in [2.75, 3.05) is 26.7 Å². The Bertz CT molecular complexity index is 1090. The molecule has 1 aliphatic rings. The van der Waals surface area contributed by atoms with Crippen LogP contribution in [0.3, 0.4) is 0 Å². The van der Waals surface area contributed by atoms with E-state index >= 15 is 0 Å². The van der Waals surface area contributed by atoms with Crippen molar-refractivity contribution in [3.63, 3.8) is 0 Å². The maximum Gasteiger partial charge on any atom is 0.233 e. The van der Waals surface area contributed by atoms with Crippen LogP contribution in [0.15, 0.2) is 41.4 Å². The second-order valence-electron chi connectivity index (χ2n) is 7.96. The summed E-state index contributed by atoms with van der Waals surface area (Å²) in [4.78, 5) is 49.5. The zero-order valence-electron chi connectivity index (χ0n) is 18.2. The Kier molecular flexibility index (Phi) is 7.06. The number of carbonyl (C=O) groups excluding carboxylic acids is 3. The molecule has 1 aromatic carbocycles. The largest absolute Gasteiger partial charge is 0.358 e. The van der Waals surface area contributed by atoms with E-state index in [2.05, 4.69) is 15.3 Å². The van der Waals surface area contributed by atoms with Crippen molar-refractivity contribution in [2.45, 2.75) is 12.8 Å². The maximum atomic E-state index is 14.6. The number of nitrogens with zero attached hydrogens (tertiary/aromatic N) is 3. The first kappa shape index (κ1) is 23.3. The lowest BCUT2D eigenvalue weighted by Gasteiger charge is -2.42. The summed E-state index contributed by atoms with van der Waals surface area (Å²) in [6.07, 6.45) is 3.12. The molecule has 1 saturated heterocycles. The summed E-state index contributed by atoms with van der Waals surface area (Å²) in [5.74, 6) is -2.95. The van der Waals surface area contributed by atoms with Crippen LogP contribution in [0.2, 0.25) is 0 Å². The summed E-state index contributed by atoms with van der Waals surface area (Å²) in [7, 11) is 1.54. The van der Waals surface area contributed by atoms with Crippen LogP contribution >= 0.6 is 22.7 Å². The molecule has 0 aliphatic carbocycles. The van der Waals surface area contributed by atoms with Gasteiger partial charge in [0.1, 0.15) is 5.82 Å². The molecule has 1 amide bonds. The average molecular weight is 487 g/mol. The Morgan fingerprint density at radius 1 is 1.06 bits per heavy atom. The molecule has 1 aliphatic heterocycles. The number of carbonyl (C=O) groups is 3. The van der Waals surface area contributed by atoms with Crippen molar-refractivity contribution >= 4 is 40.1 Å². The fourth-order valence-corrected chi connectivity index (χ4v) is 5.75. The number of hydrogen-bond acceptors (Lipinski definition) is 8. The van der Waals surface area contributed by atoms with Gasteiger partial charge in [0.2, 0.25) is 5.91 Å². The van der Waals surface area contributed by atoms with Crippen LogP contribution in [0, 0.1) is 24.6 Å². The van der Waals surface area contributed by atoms with Crippen LogP contribution < -0.4 is 5.32 Å². The van der Waals surface area contributed by atoms with Gasteiger partial charge in [-0.25, -0.2) is 14.4 Å². The first-order chi connectivity index (χ1) is 15.9. The summed E-state index contributed by atoms with van der Waals surface area (Å²) in [6.45, 7) is 2.23. The molecule has 3 aromatic rings. The van der Waals surface area contributed by atoms with Gasteiger partial charge < -0.3 is 5.32 Å². The summed E-state index contributed by atoms with van der Waals surface area (Å²) >= 11 is 2.46. The molecule has 2 unspecified atom stereocenters. The predicted molar refractivity (Wildman–Crippen MR) is 124 cm³/mol. The third-order valence-corrected chi connectivity index (χ3v) is 7.63. The Labute approximate surface area is 198 Å². The first-order valence-corrected chi connectivity index (χ1v) is 12.2. The van der Waals surface area contributed by atoms with E-state index < -0.39 is 17.8 Å². The van der Waals surface area contributed by atoms with Gasteiger partial charge in [0.25, 0.3) is 0 Å². The van der Waals surface area contributed by atoms with Crippen molar-refractivity contribution < 1.29 is 18.8 Å². The molecule has 7 nitrogen and oxygen atoms in total. The first-order valence-electron chi connectivity index (χ1n) is 10.5. The maximum absolute atomic E-state index is 14.6. The smallest absolute Gasteiger partial charge is 0.233 e. The summed E-state index contributed by atoms with van der Waals surface area (Å²) in [5, 5.41) is 6.71. The van der Waals surface area contributed by atoms with E-state index in [1.807, 2.05) is 4.90 Å². The van der Waals surface area contributed by atoms with Crippen LogP contribution in [0.1, 0.15) is 36.6 Å². The van der Waals surface area contributed by atoms with Gasteiger partial charge in [0, 0.05) is 61.0 Å². The summed E-state index contributed by atoms with van der Waals surface area (Å²) in [6, 6.07) is 4.75. The topological polar surface area (TPSA) is 92.3 Å². The Morgan fingerprint density at radius 3 is 2.12 bits per heavy atom. The Morgan fingerprint density at radius 2 is 1.64 bits per heavy atom. The number of piperidine rings is 1. The van der Waals surface area contributed by atoms with Crippen molar-refractivity contribution in [1.29, 1.82) is 0 Å². The van der Waals surface area contributed by atoms with E-state index in [9.17, 15) is 18.8 Å². The van der Waals surface area contributed by atoms with E-state index in [-0.39, 0.29) is 42.9 Å². The van der Waals surface area contributed by atoms with Crippen molar-refractivity contribution in [3.05, 3.63) is 68.3 Å². The highest BCUT2D eigenvalue weighted by Crippen LogP contribution is 2.42. The molecule has 0 spiro atoms. The average Bonchev–Trinajstić information content (AvgIpc) is 3.54. The lowest BCUT2D eigenvalue weighted by molar-refractivity contribution is -0.122. The number of halogens is 1. The molecule has 2 atom stereocenters. The van der Waals surface area contributed by atoms with Gasteiger partial charge in [0.05, 0.1) is 6.54 Å². The van der Waals surface area contributed by atoms with Crippen LogP contribution in [0.5, 0.6) is 0 Å². The van der Waals surface area contributed by atoms with E-state index in [0.717, 1.165) is 0 Å². The Balaban J connectivity index is 1.83. The van der Waals surface area contributed by atoms with Gasteiger partial charge in [-0.05, 0) is 24.1 Å². The standard InChI is InChI=1S/C23H23FN4O3S2/c1-13-14(4-3-5-17(13)24)19-15(20(30)22-26-6-8-32-22)10-28(12-18(29)25-2)11-16(19)21(31)23-27-7-9-33-23/h3-9,15-16,19H,10-12H2,1-2H3,(H,25,29). The predicted octanol–water partition coefficient (Wildman–Crippen LogP) is 3.19. The molecule has 172 valence electrons. The summed E-state index contributed by atoms with van der Waals surface area (Å²) < 4.78 is 14.6. The number of ketones is 2. The van der Waals surface area contributed by atoms with Crippen molar-refractivity contribution in [1.82, 2.24) is 20.2 Å². The summed E-state index contributed by atoms with van der Waals surface area (Å²) in [5.41, 5.74) is 1.04. The van der Waals surface area contributed by atoms with E-state index in [0.29, 0.717) is 21.1 Å². The minimum atomic E-state index is -0.677. The molecule has 10 heteroatoms. The molecule has 1 N–H and O–H groups in total. The second kappa shape index (κ2) is 9.98. The van der Waals surface area contributed by atoms with E-state index in [4.69, 9.17) is 0 Å². The molecule has 2 aromatic heterocycles. The van der Waals surface area contributed by atoms with Crippen LogP contribution in [-0.4, -0.2) is 59.0 Å². The number of hydrogen-bond donors (Lipinski definition) is 1. The number of Topliss-reactive ketones (excluding diaryl/α,β-unsaturated/α-hetero) is 2. The van der Waals surface area contributed by atoms with Crippen molar-refractivity contribution in [2.24, 2.45) is 11.8 Å². The molecule has 0 radical (unpaired) electrons. The highest BCUT2D eigenvalue weighted by molar-refractivity contribution is 7.12. The van der Waals surface area contributed by atoms with E-state index in [1.165, 1.54) is 28.7 Å². The number of benzene rings is 1. The number of nitrogens with one attached hydrogen (secondary N) is 1. The lowest BCUT2D eigenvalue weighted by Crippen LogP contribution is -2.52. The lowest BCUT2D eigenvalue weighted by atomic mass is 9.69. The highest BCUT2D eigenvalue weighted by atomic mass is 32.1. The number of rotatable bonds is 7. The van der Waals surface area contributed by atoms with Crippen LogP contribution in [-0.2, 0) is 4.79 Å². The molecule has 4 rings (SSSR count). The minimum Gasteiger partial charge on any atom is -0.358 e. The van der Waals surface area contributed by atoms with Gasteiger partial charge in [-0.15, -0.1) is 22.7 Å². The van der Waals surface area contributed by atoms with Gasteiger partial charge >= 0.3 is 0 Å². The quantitative estimate of drug-likeness (QED) is 0.516. The highest BCUT2D eigenvalue weighted by Gasteiger charge is 2.46. The molecule has 1 fully saturated rings. The number of thiazole rings is 2. The normalized spacial score (nSPS) is 21.0. The SMILES string of the molecule is CNC(=O)CN1CC(C(=O)c2nccs2)C(c2cccc(F)c2C)C(C(=O)c2nccs2)C1. The molecule has 0 saturated carbocycles.